The molecule has 0 unspecified atom stereocenters. The lowest BCUT2D eigenvalue weighted by molar-refractivity contribution is -0.147. The fourth-order valence-electron chi connectivity index (χ4n) is 4.14. The highest BCUT2D eigenvalue weighted by Crippen LogP contribution is 2.38. The third kappa shape index (κ3) is 4.08. The third-order valence-corrected chi connectivity index (χ3v) is 4.82. The molecule has 2 aliphatic rings. The van der Waals surface area contributed by atoms with Gasteiger partial charge >= 0.3 is 5.97 Å². The summed E-state index contributed by atoms with van der Waals surface area (Å²) < 4.78 is 0. The van der Waals surface area contributed by atoms with Gasteiger partial charge < -0.3 is 10.4 Å². The predicted molar refractivity (Wildman–Crippen MR) is 81.7 cm³/mol. The molecule has 2 N–H and O–H groups in total. The molecule has 0 radical (unpaired) electrons. The Labute approximate surface area is 127 Å². The molecular formula is C17H27NO3. The summed E-state index contributed by atoms with van der Waals surface area (Å²) in [6, 6.07) is 0.177. The van der Waals surface area contributed by atoms with Gasteiger partial charge in [-0.15, -0.1) is 0 Å². The van der Waals surface area contributed by atoms with Gasteiger partial charge in [0, 0.05) is 6.04 Å². The van der Waals surface area contributed by atoms with Crippen molar-refractivity contribution in [3.05, 3.63) is 12.2 Å². The zero-order valence-electron chi connectivity index (χ0n) is 13.3. The first kappa shape index (κ1) is 16.1. The fraction of sp³-hybridized carbons (Fsp3) is 0.765. The Morgan fingerprint density at radius 1 is 1.14 bits per heavy atom. The van der Waals surface area contributed by atoms with E-state index in [1.54, 1.807) is 0 Å². The lowest BCUT2D eigenvalue weighted by Crippen LogP contribution is -2.47. The molecular weight excluding hydrogens is 266 g/mol. The molecule has 2 rings (SSSR count). The second kappa shape index (κ2) is 6.20. The predicted octanol–water partition coefficient (Wildman–Crippen LogP) is 2.98. The average molecular weight is 293 g/mol. The van der Waals surface area contributed by atoms with Crippen LogP contribution in [-0.4, -0.2) is 23.0 Å². The van der Waals surface area contributed by atoms with Crippen molar-refractivity contribution in [1.82, 2.24) is 5.32 Å². The van der Waals surface area contributed by atoms with Crippen LogP contribution in [0.2, 0.25) is 0 Å². The minimum absolute atomic E-state index is 0.0818. The lowest BCUT2D eigenvalue weighted by Gasteiger charge is -2.40. The maximum atomic E-state index is 12.5. The van der Waals surface area contributed by atoms with Gasteiger partial charge in [0.25, 0.3) is 0 Å². The summed E-state index contributed by atoms with van der Waals surface area (Å²) in [4.78, 5) is 23.8. The van der Waals surface area contributed by atoms with Crippen molar-refractivity contribution >= 4 is 11.9 Å². The molecule has 0 bridgehead atoms. The number of hydrogen-bond acceptors (Lipinski definition) is 2. The minimum atomic E-state index is -0.864. The van der Waals surface area contributed by atoms with Crippen molar-refractivity contribution < 1.29 is 14.7 Å². The van der Waals surface area contributed by atoms with E-state index in [0.717, 1.165) is 12.8 Å². The third-order valence-electron chi connectivity index (χ3n) is 4.82. The Kier molecular flexibility index (Phi) is 4.74. The van der Waals surface area contributed by atoms with Crippen molar-refractivity contribution in [3.8, 4) is 0 Å². The Bertz CT molecular complexity index is 441. The van der Waals surface area contributed by atoms with Gasteiger partial charge in [-0.05, 0) is 43.4 Å². The van der Waals surface area contributed by atoms with Crippen LogP contribution in [0.1, 0.15) is 52.9 Å². The molecule has 0 aromatic carbocycles. The number of carboxylic acid groups (broad SMARTS) is 1. The van der Waals surface area contributed by atoms with E-state index in [4.69, 9.17) is 0 Å². The number of allylic oxidation sites excluding steroid dienone is 2. The van der Waals surface area contributed by atoms with E-state index >= 15 is 0 Å². The Morgan fingerprint density at radius 3 is 2.33 bits per heavy atom. The Balaban J connectivity index is 2.00. The second-order valence-corrected chi connectivity index (χ2v) is 7.61. The highest BCUT2D eigenvalue weighted by molar-refractivity contribution is 5.85. The normalized spacial score (nSPS) is 35.2. The molecule has 4 nitrogen and oxygen atoms in total. The van der Waals surface area contributed by atoms with E-state index in [-0.39, 0.29) is 17.4 Å². The molecule has 21 heavy (non-hydrogen) atoms. The van der Waals surface area contributed by atoms with Crippen LogP contribution >= 0.6 is 0 Å². The first-order valence-corrected chi connectivity index (χ1v) is 7.96. The fourth-order valence-corrected chi connectivity index (χ4v) is 4.14. The van der Waals surface area contributed by atoms with Gasteiger partial charge in [0.1, 0.15) is 0 Å². The highest BCUT2D eigenvalue weighted by atomic mass is 16.4. The van der Waals surface area contributed by atoms with E-state index in [0.29, 0.717) is 18.8 Å². The van der Waals surface area contributed by atoms with Crippen LogP contribution in [0, 0.1) is 23.2 Å². The van der Waals surface area contributed by atoms with E-state index in [2.05, 4.69) is 26.1 Å². The maximum absolute atomic E-state index is 12.5. The van der Waals surface area contributed by atoms with Crippen LogP contribution in [0.5, 0.6) is 0 Å². The van der Waals surface area contributed by atoms with Crippen LogP contribution < -0.4 is 5.32 Å². The van der Waals surface area contributed by atoms with Gasteiger partial charge in [-0.1, -0.05) is 32.9 Å². The lowest BCUT2D eigenvalue weighted by atomic mass is 9.70. The second-order valence-electron chi connectivity index (χ2n) is 7.61. The number of carbonyl (C=O) groups is 2. The standard InChI is InChI=1S/C17H27NO3/c1-11-8-12(10-17(2,3)9-11)18-15(19)13-6-4-5-7-14(13)16(20)21/h4-5,11-14H,6-10H2,1-3H3,(H,18,19)(H,20,21)/t11-,12+,13-,14-/m1/s1. The molecule has 0 heterocycles. The largest absolute Gasteiger partial charge is 0.481 e. The molecule has 1 saturated carbocycles. The molecule has 1 amide bonds. The summed E-state index contributed by atoms with van der Waals surface area (Å²) in [5.41, 5.74) is 0.244. The van der Waals surface area contributed by atoms with Crippen LogP contribution in [-0.2, 0) is 9.59 Å². The van der Waals surface area contributed by atoms with Gasteiger partial charge in [-0.2, -0.15) is 0 Å². The van der Waals surface area contributed by atoms with Gasteiger partial charge in [-0.3, -0.25) is 9.59 Å². The number of nitrogens with one attached hydrogen (secondary N) is 1. The van der Waals surface area contributed by atoms with Gasteiger partial charge in [0.15, 0.2) is 0 Å². The van der Waals surface area contributed by atoms with Crippen LogP contribution in [0.15, 0.2) is 12.2 Å². The summed E-state index contributed by atoms with van der Waals surface area (Å²) in [7, 11) is 0. The first-order valence-electron chi connectivity index (χ1n) is 7.96. The minimum Gasteiger partial charge on any atom is -0.481 e. The number of rotatable bonds is 3. The SMILES string of the molecule is C[C@@H]1C[C@H](NC(=O)[C@@H]2CC=CC[C@H]2C(=O)O)CC(C)(C)C1. The van der Waals surface area contributed by atoms with E-state index in [1.807, 2.05) is 12.2 Å². The number of aliphatic carboxylic acids is 1. The van der Waals surface area contributed by atoms with Crippen LogP contribution in [0.4, 0.5) is 0 Å². The summed E-state index contributed by atoms with van der Waals surface area (Å²) in [6.07, 6.45) is 7.95. The van der Waals surface area contributed by atoms with Crippen molar-refractivity contribution in [2.24, 2.45) is 23.2 Å². The zero-order valence-corrected chi connectivity index (χ0v) is 13.3. The van der Waals surface area contributed by atoms with Crippen molar-refractivity contribution in [2.75, 3.05) is 0 Å². The van der Waals surface area contributed by atoms with Gasteiger partial charge in [-0.25, -0.2) is 0 Å². The molecule has 2 aliphatic carbocycles. The van der Waals surface area contributed by atoms with Crippen molar-refractivity contribution in [2.45, 2.75) is 58.9 Å². The van der Waals surface area contributed by atoms with E-state index in [9.17, 15) is 14.7 Å². The Hall–Kier alpha value is -1.32. The molecule has 0 aliphatic heterocycles. The van der Waals surface area contributed by atoms with Gasteiger partial charge in [0.05, 0.1) is 11.8 Å². The molecule has 0 saturated heterocycles. The average Bonchev–Trinajstić information content (AvgIpc) is 2.36. The molecule has 0 aromatic heterocycles. The van der Waals surface area contributed by atoms with E-state index < -0.39 is 17.8 Å². The first-order chi connectivity index (χ1) is 9.78. The molecule has 4 atom stereocenters. The number of carbonyl (C=O) groups excluding carboxylic acids is 1. The topological polar surface area (TPSA) is 66.4 Å². The quantitative estimate of drug-likeness (QED) is 0.786. The summed E-state index contributed by atoms with van der Waals surface area (Å²) in [5.74, 6) is -1.35. The molecule has 0 spiro atoms. The number of amides is 1. The smallest absolute Gasteiger partial charge is 0.307 e. The highest BCUT2D eigenvalue weighted by Gasteiger charge is 2.37. The molecule has 1 fully saturated rings. The molecule has 4 heteroatoms. The zero-order chi connectivity index (χ0) is 15.6. The monoisotopic (exact) mass is 293 g/mol. The van der Waals surface area contributed by atoms with Crippen molar-refractivity contribution in [1.29, 1.82) is 0 Å². The number of hydrogen-bond donors (Lipinski definition) is 2. The summed E-state index contributed by atoms with van der Waals surface area (Å²) in [6.45, 7) is 6.71. The Morgan fingerprint density at radius 2 is 1.76 bits per heavy atom. The molecule has 118 valence electrons. The van der Waals surface area contributed by atoms with E-state index in [1.165, 1.54) is 6.42 Å². The molecule has 0 aromatic rings. The number of carboxylic acids is 1. The van der Waals surface area contributed by atoms with Gasteiger partial charge in [0.2, 0.25) is 5.91 Å². The van der Waals surface area contributed by atoms with Crippen LogP contribution in [0.3, 0.4) is 0 Å². The van der Waals surface area contributed by atoms with Crippen molar-refractivity contribution in [3.63, 3.8) is 0 Å². The maximum Gasteiger partial charge on any atom is 0.307 e. The summed E-state index contributed by atoms with van der Waals surface area (Å²) in [5, 5.41) is 12.4. The summed E-state index contributed by atoms with van der Waals surface area (Å²) >= 11 is 0. The van der Waals surface area contributed by atoms with Crippen LogP contribution in [0.25, 0.3) is 0 Å².